The minimum atomic E-state index is 0.0483. The smallest absolute Gasteiger partial charge is 0.217 e. The number of nitrogens with one attached hydrogen (secondary N) is 1. The highest BCUT2D eigenvalue weighted by Gasteiger charge is 2.21. The molecule has 3 N–H and O–H groups in total. The van der Waals surface area contributed by atoms with Gasteiger partial charge < -0.3 is 10.2 Å². The number of rotatable bonds is 2. The van der Waals surface area contributed by atoms with Crippen LogP contribution >= 0.6 is 0 Å². The standard InChI is InChI=1S/C8H16N2O2/c1-6(11)10-7-2-4-8(12-9)5-3-7/h7-8H,2-5,9H2,1H3,(H,10,11). The van der Waals surface area contributed by atoms with Gasteiger partial charge >= 0.3 is 0 Å². The molecule has 1 aliphatic carbocycles. The fourth-order valence-electron chi connectivity index (χ4n) is 1.63. The number of hydrogen-bond acceptors (Lipinski definition) is 3. The summed E-state index contributed by atoms with van der Waals surface area (Å²) in [6, 6.07) is 0.328. The molecule has 0 atom stereocenters. The maximum absolute atomic E-state index is 10.7. The molecule has 0 bridgehead atoms. The first-order valence-corrected chi connectivity index (χ1v) is 4.35. The van der Waals surface area contributed by atoms with Crippen molar-refractivity contribution in [2.75, 3.05) is 0 Å². The summed E-state index contributed by atoms with van der Waals surface area (Å²) in [5.74, 6) is 5.11. The van der Waals surface area contributed by atoms with Crippen LogP contribution in [0.15, 0.2) is 0 Å². The van der Waals surface area contributed by atoms with Crippen LogP contribution < -0.4 is 11.2 Å². The summed E-state index contributed by atoms with van der Waals surface area (Å²) in [5, 5.41) is 2.89. The molecule has 1 amide bonds. The molecule has 0 radical (unpaired) electrons. The van der Waals surface area contributed by atoms with E-state index in [1.165, 1.54) is 0 Å². The Labute approximate surface area is 72.4 Å². The number of nitrogens with two attached hydrogens (primary N) is 1. The highest BCUT2D eigenvalue weighted by molar-refractivity contribution is 5.73. The molecule has 0 aromatic rings. The van der Waals surface area contributed by atoms with E-state index in [2.05, 4.69) is 5.32 Å². The molecule has 0 aliphatic heterocycles. The van der Waals surface area contributed by atoms with E-state index >= 15 is 0 Å². The first-order valence-electron chi connectivity index (χ1n) is 4.35. The van der Waals surface area contributed by atoms with Crippen LogP contribution in [-0.4, -0.2) is 18.1 Å². The number of carbonyl (C=O) groups is 1. The zero-order chi connectivity index (χ0) is 8.97. The summed E-state index contributed by atoms with van der Waals surface area (Å²) in [5.41, 5.74) is 0. The van der Waals surface area contributed by atoms with Crippen molar-refractivity contribution in [1.29, 1.82) is 0 Å². The zero-order valence-electron chi connectivity index (χ0n) is 7.38. The van der Waals surface area contributed by atoms with Crippen molar-refractivity contribution < 1.29 is 9.63 Å². The molecule has 0 aromatic carbocycles. The second kappa shape index (κ2) is 4.42. The fraction of sp³-hybridized carbons (Fsp3) is 0.875. The quantitative estimate of drug-likeness (QED) is 0.590. The third kappa shape index (κ3) is 2.79. The lowest BCUT2D eigenvalue weighted by Gasteiger charge is -2.27. The van der Waals surface area contributed by atoms with Gasteiger partial charge in [0, 0.05) is 13.0 Å². The largest absolute Gasteiger partial charge is 0.354 e. The molecule has 0 aromatic heterocycles. The minimum absolute atomic E-state index is 0.0483. The van der Waals surface area contributed by atoms with Crippen LogP contribution in [0.3, 0.4) is 0 Å². The van der Waals surface area contributed by atoms with Gasteiger partial charge in [-0.15, -0.1) is 0 Å². The summed E-state index contributed by atoms with van der Waals surface area (Å²) in [6.45, 7) is 1.55. The number of amides is 1. The van der Waals surface area contributed by atoms with Crippen LogP contribution in [0.25, 0.3) is 0 Å². The number of carbonyl (C=O) groups excluding carboxylic acids is 1. The van der Waals surface area contributed by atoms with E-state index in [9.17, 15) is 4.79 Å². The molecular weight excluding hydrogens is 156 g/mol. The van der Waals surface area contributed by atoms with E-state index in [0.29, 0.717) is 6.04 Å². The van der Waals surface area contributed by atoms with E-state index in [1.807, 2.05) is 0 Å². The average molecular weight is 172 g/mol. The minimum Gasteiger partial charge on any atom is -0.354 e. The van der Waals surface area contributed by atoms with Crippen molar-refractivity contribution in [3.63, 3.8) is 0 Å². The van der Waals surface area contributed by atoms with Crippen molar-refractivity contribution >= 4 is 5.91 Å². The van der Waals surface area contributed by atoms with Gasteiger partial charge in [0.1, 0.15) is 0 Å². The van der Waals surface area contributed by atoms with Crippen molar-refractivity contribution in [3.05, 3.63) is 0 Å². The van der Waals surface area contributed by atoms with Crippen molar-refractivity contribution in [2.45, 2.75) is 44.8 Å². The predicted molar refractivity (Wildman–Crippen MR) is 45.1 cm³/mol. The maximum atomic E-state index is 10.7. The molecule has 1 saturated carbocycles. The molecule has 1 aliphatic rings. The summed E-state index contributed by atoms with van der Waals surface area (Å²) >= 11 is 0. The van der Waals surface area contributed by atoms with Gasteiger partial charge in [-0.3, -0.25) is 4.79 Å². The molecule has 4 heteroatoms. The summed E-state index contributed by atoms with van der Waals surface area (Å²) < 4.78 is 0. The van der Waals surface area contributed by atoms with Gasteiger partial charge in [0.2, 0.25) is 5.91 Å². The highest BCUT2D eigenvalue weighted by Crippen LogP contribution is 2.19. The lowest BCUT2D eigenvalue weighted by Crippen LogP contribution is -2.38. The molecular formula is C8H16N2O2. The Hall–Kier alpha value is -0.610. The third-order valence-electron chi connectivity index (χ3n) is 2.27. The van der Waals surface area contributed by atoms with E-state index < -0.39 is 0 Å². The van der Waals surface area contributed by atoms with Crippen LogP contribution in [0.4, 0.5) is 0 Å². The average Bonchev–Trinajstić information content (AvgIpc) is 2.05. The van der Waals surface area contributed by atoms with Crippen molar-refractivity contribution in [2.24, 2.45) is 5.90 Å². The molecule has 0 saturated heterocycles. The Bertz CT molecular complexity index is 153. The lowest BCUT2D eigenvalue weighted by atomic mass is 9.93. The molecule has 70 valence electrons. The van der Waals surface area contributed by atoms with Gasteiger partial charge in [-0.1, -0.05) is 0 Å². The van der Waals surface area contributed by atoms with Crippen molar-refractivity contribution in [1.82, 2.24) is 5.32 Å². The fourth-order valence-corrected chi connectivity index (χ4v) is 1.63. The van der Waals surface area contributed by atoms with Gasteiger partial charge in [-0.05, 0) is 25.7 Å². The molecule has 4 nitrogen and oxygen atoms in total. The van der Waals surface area contributed by atoms with Gasteiger partial charge in [-0.2, -0.15) is 0 Å². The van der Waals surface area contributed by atoms with Crippen LogP contribution in [0.2, 0.25) is 0 Å². The third-order valence-corrected chi connectivity index (χ3v) is 2.27. The summed E-state index contributed by atoms with van der Waals surface area (Å²) in [6.07, 6.45) is 4.03. The van der Waals surface area contributed by atoms with E-state index in [-0.39, 0.29) is 12.0 Å². The van der Waals surface area contributed by atoms with Gasteiger partial charge in [0.15, 0.2) is 0 Å². The second-order valence-electron chi connectivity index (χ2n) is 3.31. The Kier molecular flexibility index (Phi) is 3.49. The topological polar surface area (TPSA) is 64.3 Å². The zero-order valence-corrected chi connectivity index (χ0v) is 7.38. The Morgan fingerprint density at radius 2 is 2.00 bits per heavy atom. The van der Waals surface area contributed by atoms with Crippen LogP contribution in [-0.2, 0) is 9.63 Å². The first kappa shape index (κ1) is 9.48. The van der Waals surface area contributed by atoms with Gasteiger partial charge in [0.25, 0.3) is 0 Å². The van der Waals surface area contributed by atoms with Crippen molar-refractivity contribution in [3.8, 4) is 0 Å². The Balaban J connectivity index is 2.21. The Morgan fingerprint density at radius 1 is 1.42 bits per heavy atom. The lowest BCUT2D eigenvalue weighted by molar-refractivity contribution is -0.120. The van der Waals surface area contributed by atoms with Crippen LogP contribution in [0.5, 0.6) is 0 Å². The monoisotopic (exact) mass is 172 g/mol. The molecule has 1 rings (SSSR count). The highest BCUT2D eigenvalue weighted by atomic mass is 16.6. The molecule has 0 unspecified atom stereocenters. The normalized spacial score (nSPS) is 29.8. The molecule has 1 fully saturated rings. The van der Waals surface area contributed by atoms with Crippen LogP contribution in [0.1, 0.15) is 32.6 Å². The van der Waals surface area contributed by atoms with E-state index in [1.54, 1.807) is 6.92 Å². The summed E-state index contributed by atoms with van der Waals surface area (Å²) in [7, 11) is 0. The predicted octanol–water partition coefficient (Wildman–Crippen LogP) is 0.324. The summed E-state index contributed by atoms with van der Waals surface area (Å²) in [4.78, 5) is 15.4. The van der Waals surface area contributed by atoms with E-state index in [0.717, 1.165) is 25.7 Å². The molecule has 12 heavy (non-hydrogen) atoms. The Morgan fingerprint density at radius 3 is 2.42 bits per heavy atom. The van der Waals surface area contributed by atoms with Gasteiger partial charge in [0.05, 0.1) is 6.10 Å². The first-order chi connectivity index (χ1) is 5.72. The van der Waals surface area contributed by atoms with Crippen LogP contribution in [0, 0.1) is 0 Å². The molecule has 0 spiro atoms. The second-order valence-corrected chi connectivity index (χ2v) is 3.31. The number of hydrogen-bond donors (Lipinski definition) is 2. The van der Waals surface area contributed by atoms with E-state index in [4.69, 9.17) is 10.7 Å². The van der Waals surface area contributed by atoms with Gasteiger partial charge in [-0.25, -0.2) is 5.90 Å². The molecule has 0 heterocycles. The SMILES string of the molecule is CC(=O)NC1CCC(ON)CC1. The maximum Gasteiger partial charge on any atom is 0.217 e.